The quantitative estimate of drug-likeness (QED) is 0.631. The number of nitro benzene ring substituents is 1. The molecule has 6 nitrogen and oxygen atoms in total. The van der Waals surface area contributed by atoms with Gasteiger partial charge in [0.15, 0.2) is 6.54 Å². The summed E-state index contributed by atoms with van der Waals surface area (Å²) in [6.45, 7) is 5.60. The van der Waals surface area contributed by atoms with Crippen molar-refractivity contribution in [2.24, 2.45) is 0 Å². The van der Waals surface area contributed by atoms with Gasteiger partial charge in [0, 0.05) is 12.5 Å². The second kappa shape index (κ2) is 8.14. The first kappa shape index (κ1) is 18.8. The molecule has 0 saturated heterocycles. The summed E-state index contributed by atoms with van der Waals surface area (Å²) in [5.41, 5.74) is 4.43. The Bertz CT molecular complexity index is 891. The van der Waals surface area contributed by atoms with Crippen molar-refractivity contribution >= 4 is 22.9 Å². The summed E-state index contributed by atoms with van der Waals surface area (Å²) < 4.78 is 0. The molecule has 0 aromatic heterocycles. The molecule has 27 heavy (non-hydrogen) atoms. The number of rotatable bonds is 5. The summed E-state index contributed by atoms with van der Waals surface area (Å²) in [5.74, 6) is -0.196. The highest BCUT2D eigenvalue weighted by atomic mass is 16.6. The standard InChI is InChI=1S/C21H23N3O3/c1-15-8-9-19(24(26)27)21(16(15)2)22-20(25)14-23-12-10-18(11-13-23)17-6-4-3-5-7-17/h3-10H,11-14H2,1-2H3,(H,22,25)/p+1. The molecule has 0 radical (unpaired) electrons. The Morgan fingerprint density at radius 3 is 2.56 bits per heavy atom. The monoisotopic (exact) mass is 366 g/mol. The van der Waals surface area contributed by atoms with Crippen molar-refractivity contribution in [1.29, 1.82) is 0 Å². The van der Waals surface area contributed by atoms with E-state index in [1.165, 1.54) is 17.2 Å². The van der Waals surface area contributed by atoms with E-state index < -0.39 is 4.92 Å². The first-order valence-corrected chi connectivity index (χ1v) is 9.08. The van der Waals surface area contributed by atoms with E-state index in [-0.39, 0.29) is 11.6 Å². The lowest BCUT2D eigenvalue weighted by atomic mass is 9.99. The lowest BCUT2D eigenvalue weighted by Gasteiger charge is -2.23. The molecule has 1 aliphatic rings. The number of hydrogen-bond acceptors (Lipinski definition) is 3. The van der Waals surface area contributed by atoms with Crippen LogP contribution in [-0.2, 0) is 4.79 Å². The predicted molar refractivity (Wildman–Crippen MR) is 106 cm³/mol. The fraction of sp³-hybridized carbons (Fsp3) is 0.286. The molecule has 2 aromatic carbocycles. The number of carbonyl (C=O) groups is 1. The maximum atomic E-state index is 12.5. The van der Waals surface area contributed by atoms with Crippen LogP contribution < -0.4 is 10.2 Å². The topological polar surface area (TPSA) is 76.7 Å². The van der Waals surface area contributed by atoms with Gasteiger partial charge in [0.25, 0.3) is 11.6 Å². The SMILES string of the molecule is Cc1ccc([N+](=O)[O-])c(NC(=O)C[NH+]2CC=C(c3ccccc3)CC2)c1C. The molecule has 2 aromatic rings. The molecule has 1 amide bonds. The number of nitrogens with zero attached hydrogens (tertiary/aromatic N) is 1. The van der Waals surface area contributed by atoms with Crippen LogP contribution in [-0.4, -0.2) is 30.5 Å². The van der Waals surface area contributed by atoms with E-state index in [4.69, 9.17) is 0 Å². The third-order valence-corrected chi connectivity index (χ3v) is 5.12. The van der Waals surface area contributed by atoms with Crippen molar-refractivity contribution in [2.75, 3.05) is 25.0 Å². The third kappa shape index (κ3) is 4.41. The summed E-state index contributed by atoms with van der Waals surface area (Å²) in [4.78, 5) is 24.5. The molecule has 3 rings (SSSR count). The van der Waals surface area contributed by atoms with Gasteiger partial charge in [-0.1, -0.05) is 36.4 Å². The zero-order chi connectivity index (χ0) is 19.4. The second-order valence-electron chi connectivity index (χ2n) is 6.93. The van der Waals surface area contributed by atoms with E-state index in [9.17, 15) is 14.9 Å². The number of amides is 1. The molecule has 0 bridgehead atoms. The van der Waals surface area contributed by atoms with Gasteiger partial charge in [-0.05, 0) is 42.2 Å². The van der Waals surface area contributed by atoms with Crippen LogP contribution in [0.15, 0.2) is 48.5 Å². The maximum Gasteiger partial charge on any atom is 0.293 e. The number of quaternary nitrogens is 1. The van der Waals surface area contributed by atoms with Gasteiger partial charge in [-0.2, -0.15) is 0 Å². The molecule has 1 unspecified atom stereocenters. The van der Waals surface area contributed by atoms with Crippen LogP contribution in [0.25, 0.3) is 5.57 Å². The summed E-state index contributed by atoms with van der Waals surface area (Å²) >= 11 is 0. The Morgan fingerprint density at radius 1 is 1.19 bits per heavy atom. The average molecular weight is 366 g/mol. The van der Waals surface area contributed by atoms with Gasteiger partial charge in [-0.25, -0.2) is 0 Å². The minimum absolute atomic E-state index is 0.0636. The molecule has 6 heteroatoms. The number of hydrogen-bond donors (Lipinski definition) is 2. The zero-order valence-corrected chi connectivity index (χ0v) is 15.6. The highest BCUT2D eigenvalue weighted by Crippen LogP contribution is 2.30. The average Bonchev–Trinajstić information content (AvgIpc) is 2.66. The largest absolute Gasteiger partial charge is 0.324 e. The van der Waals surface area contributed by atoms with Crippen molar-refractivity contribution in [3.8, 4) is 0 Å². The zero-order valence-electron chi connectivity index (χ0n) is 15.6. The molecule has 1 atom stereocenters. The van der Waals surface area contributed by atoms with Crippen LogP contribution >= 0.6 is 0 Å². The Labute approximate surface area is 158 Å². The Hall–Kier alpha value is -2.99. The van der Waals surface area contributed by atoms with E-state index in [0.29, 0.717) is 12.2 Å². The molecular weight excluding hydrogens is 342 g/mol. The third-order valence-electron chi connectivity index (χ3n) is 5.12. The van der Waals surface area contributed by atoms with Gasteiger partial charge >= 0.3 is 0 Å². The minimum Gasteiger partial charge on any atom is -0.324 e. The van der Waals surface area contributed by atoms with Gasteiger partial charge in [0.05, 0.1) is 18.0 Å². The Balaban J connectivity index is 1.65. The molecule has 0 spiro atoms. The van der Waals surface area contributed by atoms with Crippen molar-refractivity contribution in [3.63, 3.8) is 0 Å². The minimum atomic E-state index is -0.454. The normalized spacial score (nSPS) is 16.5. The molecular formula is C21H24N3O3+. The van der Waals surface area contributed by atoms with Gasteiger partial charge in [-0.3, -0.25) is 14.9 Å². The summed E-state index contributed by atoms with van der Waals surface area (Å²) in [6.07, 6.45) is 3.10. The summed E-state index contributed by atoms with van der Waals surface area (Å²) in [7, 11) is 0. The molecule has 1 aliphatic heterocycles. The molecule has 140 valence electrons. The first-order chi connectivity index (χ1) is 13.0. The number of aryl methyl sites for hydroxylation is 1. The van der Waals surface area contributed by atoms with Crippen LogP contribution in [0, 0.1) is 24.0 Å². The molecule has 0 aliphatic carbocycles. The summed E-state index contributed by atoms with van der Waals surface area (Å²) in [6, 6.07) is 13.4. The van der Waals surface area contributed by atoms with Crippen LogP contribution in [0.5, 0.6) is 0 Å². The van der Waals surface area contributed by atoms with E-state index in [1.807, 2.05) is 25.1 Å². The van der Waals surface area contributed by atoms with Crippen molar-refractivity contribution in [3.05, 3.63) is 75.3 Å². The number of carbonyl (C=O) groups excluding carboxylic acids is 1. The fourth-order valence-corrected chi connectivity index (χ4v) is 3.38. The first-order valence-electron chi connectivity index (χ1n) is 9.08. The van der Waals surface area contributed by atoms with Gasteiger partial charge in [0.2, 0.25) is 0 Å². The highest BCUT2D eigenvalue weighted by Gasteiger charge is 2.23. The van der Waals surface area contributed by atoms with Crippen LogP contribution in [0.3, 0.4) is 0 Å². The van der Waals surface area contributed by atoms with Crippen LogP contribution in [0.2, 0.25) is 0 Å². The van der Waals surface area contributed by atoms with Crippen molar-refractivity contribution in [2.45, 2.75) is 20.3 Å². The van der Waals surface area contributed by atoms with Crippen LogP contribution in [0.4, 0.5) is 11.4 Å². The molecule has 1 heterocycles. The van der Waals surface area contributed by atoms with Gasteiger partial charge in [-0.15, -0.1) is 0 Å². The van der Waals surface area contributed by atoms with Gasteiger partial charge in [0.1, 0.15) is 5.69 Å². The lowest BCUT2D eigenvalue weighted by molar-refractivity contribution is -0.886. The maximum absolute atomic E-state index is 12.5. The number of nitro groups is 1. The van der Waals surface area contributed by atoms with Crippen molar-refractivity contribution < 1.29 is 14.6 Å². The molecule has 0 saturated carbocycles. The van der Waals surface area contributed by atoms with Crippen molar-refractivity contribution in [1.82, 2.24) is 0 Å². The van der Waals surface area contributed by atoms with Crippen LogP contribution in [0.1, 0.15) is 23.1 Å². The Kier molecular flexibility index (Phi) is 5.66. The number of nitrogens with one attached hydrogen (secondary N) is 2. The van der Waals surface area contributed by atoms with Gasteiger partial charge < -0.3 is 10.2 Å². The lowest BCUT2D eigenvalue weighted by Crippen LogP contribution is -3.13. The van der Waals surface area contributed by atoms with E-state index in [1.54, 1.807) is 13.0 Å². The van der Waals surface area contributed by atoms with E-state index >= 15 is 0 Å². The number of anilines is 1. The highest BCUT2D eigenvalue weighted by molar-refractivity contribution is 5.95. The Morgan fingerprint density at radius 2 is 1.93 bits per heavy atom. The summed E-state index contributed by atoms with van der Waals surface area (Å²) in [5, 5.41) is 14.0. The second-order valence-corrected chi connectivity index (χ2v) is 6.93. The number of benzene rings is 2. The van der Waals surface area contributed by atoms with E-state index in [2.05, 4.69) is 23.5 Å². The molecule has 2 N–H and O–H groups in total. The molecule has 0 fully saturated rings. The van der Waals surface area contributed by atoms with E-state index in [0.717, 1.165) is 35.5 Å². The fourth-order valence-electron chi connectivity index (χ4n) is 3.38. The smallest absolute Gasteiger partial charge is 0.293 e. The predicted octanol–water partition coefficient (Wildman–Crippen LogP) is 2.52.